The van der Waals surface area contributed by atoms with E-state index in [1.165, 1.54) is 13.0 Å². The van der Waals surface area contributed by atoms with E-state index in [1.54, 1.807) is 12.1 Å². The van der Waals surface area contributed by atoms with Crippen molar-refractivity contribution in [1.82, 2.24) is 4.98 Å². The predicted octanol–water partition coefficient (Wildman–Crippen LogP) is 4.94. The molecule has 0 fully saturated rings. The van der Waals surface area contributed by atoms with Gasteiger partial charge in [-0.05, 0) is 37.3 Å². The van der Waals surface area contributed by atoms with Gasteiger partial charge in [0.15, 0.2) is 16.8 Å². The number of hydrogen-bond acceptors (Lipinski definition) is 4. The first kappa shape index (κ1) is 17.0. The highest BCUT2D eigenvalue weighted by molar-refractivity contribution is 7.22. The highest BCUT2D eigenvalue weighted by atomic mass is 32.1. The van der Waals surface area contributed by atoms with Crippen molar-refractivity contribution in [3.63, 3.8) is 0 Å². The number of fused-ring (bicyclic) bond motifs is 1. The van der Waals surface area contributed by atoms with Crippen molar-refractivity contribution in [2.75, 3.05) is 5.32 Å². The summed E-state index contributed by atoms with van der Waals surface area (Å²) < 4.78 is 47.1. The molecule has 1 aromatic heterocycles. The molecule has 0 saturated carbocycles. The van der Waals surface area contributed by atoms with Gasteiger partial charge in [0.1, 0.15) is 17.7 Å². The largest absolute Gasteiger partial charge is 0.486 e. The van der Waals surface area contributed by atoms with Crippen LogP contribution in [0.1, 0.15) is 18.6 Å². The fraction of sp³-hybridized carbons (Fsp3) is 0.125. The topological polar surface area (TPSA) is 71.5 Å². The van der Waals surface area contributed by atoms with Crippen LogP contribution in [0.25, 0.3) is 10.2 Å². The molecule has 1 heterocycles. The van der Waals surface area contributed by atoms with Crippen molar-refractivity contribution in [3.05, 3.63) is 53.3 Å². The van der Waals surface area contributed by atoms with Gasteiger partial charge < -0.3 is 9.84 Å². The van der Waals surface area contributed by atoms with Gasteiger partial charge in [-0.2, -0.15) is 0 Å². The molecule has 0 aliphatic rings. The predicted molar refractivity (Wildman–Crippen MR) is 86.6 cm³/mol. The first-order chi connectivity index (χ1) is 11.8. The van der Waals surface area contributed by atoms with E-state index in [0.29, 0.717) is 16.3 Å². The zero-order valence-corrected chi connectivity index (χ0v) is 13.5. The summed E-state index contributed by atoms with van der Waals surface area (Å²) in [7, 11) is 0. The first-order valence-corrected chi connectivity index (χ1v) is 7.87. The van der Waals surface area contributed by atoms with Gasteiger partial charge in [-0.1, -0.05) is 11.3 Å². The highest BCUT2D eigenvalue weighted by Gasteiger charge is 2.21. The van der Waals surface area contributed by atoms with Gasteiger partial charge in [-0.15, -0.1) is 0 Å². The van der Waals surface area contributed by atoms with Crippen molar-refractivity contribution in [1.29, 1.82) is 0 Å². The monoisotopic (exact) mass is 368 g/mol. The molecule has 1 unspecified atom stereocenters. The van der Waals surface area contributed by atoms with Crippen molar-refractivity contribution >= 4 is 32.8 Å². The minimum atomic E-state index is -1.29. The summed E-state index contributed by atoms with van der Waals surface area (Å²) in [5, 5.41) is 11.0. The van der Waals surface area contributed by atoms with Gasteiger partial charge in [0.25, 0.3) is 0 Å². The summed E-state index contributed by atoms with van der Waals surface area (Å²) in [4.78, 5) is 14.7. The molecule has 5 nitrogen and oxygen atoms in total. The number of anilines is 1. The van der Waals surface area contributed by atoms with E-state index < -0.39 is 35.2 Å². The van der Waals surface area contributed by atoms with Crippen LogP contribution in [0.2, 0.25) is 0 Å². The van der Waals surface area contributed by atoms with Crippen LogP contribution in [-0.2, 0) is 0 Å². The average molecular weight is 368 g/mol. The van der Waals surface area contributed by atoms with E-state index in [4.69, 9.17) is 9.84 Å². The Morgan fingerprint density at radius 2 is 1.96 bits per heavy atom. The maximum absolute atomic E-state index is 13.8. The second-order valence-electron chi connectivity index (χ2n) is 5.10. The molecule has 3 aromatic rings. The van der Waals surface area contributed by atoms with Crippen molar-refractivity contribution in [2.24, 2.45) is 0 Å². The van der Waals surface area contributed by atoms with E-state index in [2.05, 4.69) is 10.3 Å². The maximum atomic E-state index is 13.8. The summed E-state index contributed by atoms with van der Waals surface area (Å²) in [5.41, 5.74) is 0.0366. The van der Waals surface area contributed by atoms with Crippen LogP contribution in [0.3, 0.4) is 0 Å². The number of halogens is 3. The Balaban J connectivity index is 1.87. The summed E-state index contributed by atoms with van der Waals surface area (Å²) in [6, 6.07) is 6.22. The lowest BCUT2D eigenvalue weighted by Crippen LogP contribution is -2.09. The van der Waals surface area contributed by atoms with Crippen LogP contribution in [0.4, 0.5) is 23.1 Å². The van der Waals surface area contributed by atoms with Crippen LogP contribution >= 0.6 is 11.3 Å². The Morgan fingerprint density at radius 3 is 2.68 bits per heavy atom. The number of nitrogens with one attached hydrogen (secondary N) is 1. The molecule has 0 spiro atoms. The maximum Gasteiger partial charge on any atom is 0.410 e. The second-order valence-corrected chi connectivity index (χ2v) is 6.13. The SMILES string of the molecule is CC(Oc1ccc2nc(NC(=O)O)sc2c1)c1c(F)ccc(F)c1F. The Bertz CT molecular complexity index is 961. The van der Waals surface area contributed by atoms with E-state index >= 15 is 0 Å². The van der Waals surface area contributed by atoms with Gasteiger partial charge in [-0.25, -0.2) is 22.9 Å². The number of thiazole rings is 1. The van der Waals surface area contributed by atoms with Gasteiger partial charge in [0, 0.05) is 0 Å². The zero-order chi connectivity index (χ0) is 18.1. The third-order valence-corrected chi connectivity index (χ3v) is 4.31. The quantitative estimate of drug-likeness (QED) is 0.640. The second kappa shape index (κ2) is 6.60. The smallest absolute Gasteiger partial charge is 0.410 e. The van der Waals surface area contributed by atoms with E-state index in [9.17, 15) is 18.0 Å². The molecule has 0 bridgehead atoms. The van der Waals surface area contributed by atoms with Crippen molar-refractivity contribution < 1.29 is 27.8 Å². The summed E-state index contributed by atoms with van der Waals surface area (Å²) in [6.45, 7) is 1.40. The van der Waals surface area contributed by atoms with Crippen LogP contribution < -0.4 is 10.1 Å². The molecule has 0 radical (unpaired) electrons. The Kier molecular flexibility index (Phi) is 4.49. The number of carbonyl (C=O) groups is 1. The summed E-state index contributed by atoms with van der Waals surface area (Å²) >= 11 is 1.08. The Labute approximate surface area is 143 Å². The minimum Gasteiger partial charge on any atom is -0.486 e. The van der Waals surface area contributed by atoms with Gasteiger partial charge in [0.2, 0.25) is 0 Å². The molecule has 0 aliphatic carbocycles. The Hall–Kier alpha value is -2.81. The van der Waals surface area contributed by atoms with Crippen LogP contribution in [0.5, 0.6) is 5.75 Å². The third-order valence-electron chi connectivity index (χ3n) is 3.37. The number of ether oxygens (including phenoxy) is 1. The number of carboxylic acid groups (broad SMARTS) is 1. The van der Waals surface area contributed by atoms with E-state index in [0.717, 1.165) is 17.4 Å². The molecule has 130 valence electrons. The summed E-state index contributed by atoms with van der Waals surface area (Å²) in [6.07, 6.45) is -2.31. The fourth-order valence-corrected chi connectivity index (χ4v) is 3.19. The Morgan fingerprint density at radius 1 is 1.24 bits per heavy atom. The third kappa shape index (κ3) is 3.50. The van der Waals surface area contributed by atoms with Crippen molar-refractivity contribution in [2.45, 2.75) is 13.0 Å². The van der Waals surface area contributed by atoms with E-state index in [-0.39, 0.29) is 10.9 Å². The van der Waals surface area contributed by atoms with Gasteiger partial charge in [-0.3, -0.25) is 5.32 Å². The molecule has 2 aromatic carbocycles. The molecule has 2 N–H and O–H groups in total. The molecule has 25 heavy (non-hydrogen) atoms. The molecule has 0 saturated heterocycles. The lowest BCUT2D eigenvalue weighted by atomic mass is 10.1. The molecule has 1 amide bonds. The fourth-order valence-electron chi connectivity index (χ4n) is 2.30. The molecule has 3 rings (SSSR count). The zero-order valence-electron chi connectivity index (χ0n) is 12.7. The average Bonchev–Trinajstić information content (AvgIpc) is 2.92. The first-order valence-electron chi connectivity index (χ1n) is 7.05. The van der Waals surface area contributed by atoms with Crippen LogP contribution in [0.15, 0.2) is 30.3 Å². The molecular formula is C16H11F3N2O3S. The highest BCUT2D eigenvalue weighted by Crippen LogP contribution is 2.32. The van der Waals surface area contributed by atoms with Crippen LogP contribution in [0, 0.1) is 17.5 Å². The van der Waals surface area contributed by atoms with Gasteiger partial charge in [0.05, 0.1) is 15.8 Å². The van der Waals surface area contributed by atoms with Crippen molar-refractivity contribution in [3.8, 4) is 5.75 Å². The minimum absolute atomic E-state index is 0.190. The summed E-state index contributed by atoms with van der Waals surface area (Å²) in [5.74, 6) is -3.07. The van der Waals surface area contributed by atoms with E-state index in [1.807, 2.05) is 0 Å². The number of benzene rings is 2. The number of nitrogens with zero attached hydrogens (tertiary/aromatic N) is 1. The van der Waals surface area contributed by atoms with Crippen LogP contribution in [-0.4, -0.2) is 16.2 Å². The van der Waals surface area contributed by atoms with Gasteiger partial charge >= 0.3 is 6.09 Å². The number of hydrogen-bond donors (Lipinski definition) is 2. The molecular weight excluding hydrogens is 357 g/mol. The normalized spacial score (nSPS) is 12.2. The molecule has 1 atom stereocenters. The standard InChI is InChI=1S/C16H11F3N2O3S/c1-7(13-9(17)3-4-10(18)14(13)19)24-8-2-5-11-12(6-8)25-15(20-11)21-16(22)23/h2-7H,1H3,(H,20,21)(H,22,23). The molecule has 0 aliphatic heterocycles. The number of amides is 1. The number of aromatic nitrogens is 1. The lowest BCUT2D eigenvalue weighted by Gasteiger charge is -2.16. The number of rotatable bonds is 4. The lowest BCUT2D eigenvalue weighted by molar-refractivity contribution is 0.209. The molecule has 9 heteroatoms.